The van der Waals surface area contributed by atoms with Crippen molar-refractivity contribution in [1.29, 1.82) is 0 Å². The summed E-state index contributed by atoms with van der Waals surface area (Å²) < 4.78 is 32.8. The highest BCUT2D eigenvalue weighted by atomic mass is 32.2. The molecule has 1 N–H and O–H groups in total. The summed E-state index contributed by atoms with van der Waals surface area (Å²) in [5.74, 6) is -1.24. The van der Waals surface area contributed by atoms with E-state index >= 15 is 0 Å². The topological polar surface area (TPSA) is 117 Å². The van der Waals surface area contributed by atoms with Gasteiger partial charge < -0.3 is 9.84 Å². The number of phenolic OH excluding ortho intramolecular Hbond substituents is 1. The molecule has 5 rings (SSSR count). The van der Waals surface area contributed by atoms with Crippen LogP contribution >= 0.6 is 0 Å². The van der Waals surface area contributed by atoms with Crippen LogP contribution in [0.15, 0.2) is 47.4 Å². The number of benzene rings is 2. The van der Waals surface area contributed by atoms with Gasteiger partial charge in [0.25, 0.3) is 11.8 Å². The van der Waals surface area contributed by atoms with Crippen molar-refractivity contribution < 1.29 is 27.9 Å². The quantitative estimate of drug-likeness (QED) is 0.603. The van der Waals surface area contributed by atoms with Gasteiger partial charge in [-0.3, -0.25) is 14.6 Å². The molecule has 2 aromatic carbocycles. The average Bonchev–Trinajstić information content (AvgIpc) is 3.05. The molecular weight excluding hydrogens is 434 g/mol. The molecule has 0 spiro atoms. The molecule has 0 aliphatic carbocycles. The van der Waals surface area contributed by atoms with Crippen molar-refractivity contribution >= 4 is 38.4 Å². The van der Waals surface area contributed by atoms with Gasteiger partial charge >= 0.3 is 0 Å². The molecule has 1 aromatic heterocycles. The van der Waals surface area contributed by atoms with Crippen molar-refractivity contribution in [2.45, 2.75) is 11.8 Å². The predicted octanol–water partition coefficient (Wildman–Crippen LogP) is 2.07. The molecule has 9 nitrogen and oxygen atoms in total. The van der Waals surface area contributed by atoms with Crippen molar-refractivity contribution in [3.05, 3.63) is 59.3 Å². The molecule has 0 bridgehead atoms. The standard InChI is InChI=1S/C22H19N3O6S/c1-13-19-20(22(28)25(21(19)27)14-3-2-4-15(26)11-14)17-12-16(5-6-18(17)23-13)32(29,30)24-7-9-31-10-8-24/h2-6,11-12,26H,7-10H2,1H3. The van der Waals surface area contributed by atoms with Gasteiger partial charge in [0.2, 0.25) is 10.0 Å². The van der Waals surface area contributed by atoms with E-state index in [4.69, 9.17) is 4.74 Å². The molecule has 32 heavy (non-hydrogen) atoms. The molecule has 1 saturated heterocycles. The molecule has 2 amide bonds. The Kier molecular flexibility index (Phi) is 4.73. The second kappa shape index (κ2) is 7.37. The number of rotatable bonds is 3. The third kappa shape index (κ3) is 3.07. The van der Waals surface area contributed by atoms with Crippen LogP contribution in [0, 0.1) is 6.92 Å². The summed E-state index contributed by atoms with van der Waals surface area (Å²) in [6, 6.07) is 10.2. The number of ether oxygens (including phenoxy) is 1. The Morgan fingerprint density at radius 2 is 1.72 bits per heavy atom. The summed E-state index contributed by atoms with van der Waals surface area (Å²) in [6.07, 6.45) is 0. The highest BCUT2D eigenvalue weighted by Gasteiger charge is 2.40. The van der Waals surface area contributed by atoms with E-state index in [1.165, 1.54) is 34.6 Å². The molecule has 0 atom stereocenters. The summed E-state index contributed by atoms with van der Waals surface area (Å²) in [6.45, 7) is 2.75. The van der Waals surface area contributed by atoms with E-state index in [9.17, 15) is 23.1 Å². The van der Waals surface area contributed by atoms with Crippen LogP contribution in [0.4, 0.5) is 5.69 Å². The highest BCUT2D eigenvalue weighted by molar-refractivity contribution is 7.89. The number of aromatic nitrogens is 1. The van der Waals surface area contributed by atoms with Crippen molar-refractivity contribution in [3.8, 4) is 5.75 Å². The normalized spacial score (nSPS) is 17.2. The first-order valence-electron chi connectivity index (χ1n) is 9.99. The molecule has 2 aliphatic rings. The summed E-state index contributed by atoms with van der Waals surface area (Å²) in [5.41, 5.74) is 1.26. The van der Waals surface area contributed by atoms with Crippen LogP contribution in [0.2, 0.25) is 0 Å². The van der Waals surface area contributed by atoms with Crippen LogP contribution in [0.3, 0.4) is 0 Å². The number of hydrogen-bond acceptors (Lipinski definition) is 7. The number of carbonyl (C=O) groups excluding carboxylic acids is 2. The molecule has 0 saturated carbocycles. The monoisotopic (exact) mass is 453 g/mol. The first kappa shape index (κ1) is 20.6. The Bertz CT molecular complexity index is 1400. The van der Waals surface area contributed by atoms with E-state index in [0.717, 1.165) is 4.90 Å². The van der Waals surface area contributed by atoms with Crippen molar-refractivity contribution in [2.75, 3.05) is 31.2 Å². The molecule has 10 heteroatoms. The lowest BCUT2D eigenvalue weighted by atomic mass is 10.0. The average molecular weight is 453 g/mol. The fourth-order valence-electron chi connectivity index (χ4n) is 4.13. The van der Waals surface area contributed by atoms with Crippen LogP contribution in [-0.4, -0.2) is 60.9 Å². The number of hydrogen-bond donors (Lipinski definition) is 1. The van der Waals surface area contributed by atoms with Gasteiger partial charge in [0, 0.05) is 24.5 Å². The number of morpholine rings is 1. The lowest BCUT2D eigenvalue weighted by Crippen LogP contribution is -2.40. The van der Waals surface area contributed by atoms with Gasteiger partial charge in [0.15, 0.2) is 0 Å². The number of fused-ring (bicyclic) bond motifs is 3. The Labute approximate surface area is 183 Å². The third-order valence-corrected chi connectivity index (χ3v) is 7.56. The Hall–Kier alpha value is -3.34. The van der Waals surface area contributed by atoms with Gasteiger partial charge in [0.05, 0.1) is 46.1 Å². The summed E-state index contributed by atoms with van der Waals surface area (Å²) in [4.78, 5) is 32.0. The Balaban J connectivity index is 1.68. The summed E-state index contributed by atoms with van der Waals surface area (Å²) in [7, 11) is -3.80. The zero-order valence-corrected chi connectivity index (χ0v) is 17.9. The number of phenols is 1. The molecule has 0 radical (unpaired) electrons. The highest BCUT2D eigenvalue weighted by Crippen LogP contribution is 2.36. The second-order valence-electron chi connectivity index (χ2n) is 7.61. The lowest BCUT2D eigenvalue weighted by molar-refractivity contribution is 0.0730. The first-order valence-corrected chi connectivity index (χ1v) is 11.4. The van der Waals surface area contributed by atoms with Gasteiger partial charge in [-0.1, -0.05) is 6.07 Å². The SMILES string of the molecule is Cc1nc2ccc(S(=O)(=O)N3CCOCC3)cc2c2c1C(=O)N(c1cccc(O)c1)C2=O. The molecule has 1 fully saturated rings. The number of amides is 2. The largest absolute Gasteiger partial charge is 0.508 e. The zero-order chi connectivity index (χ0) is 22.6. The van der Waals surface area contributed by atoms with Gasteiger partial charge in [-0.2, -0.15) is 4.31 Å². The number of aryl methyl sites for hydroxylation is 1. The van der Waals surface area contributed by atoms with E-state index < -0.39 is 21.8 Å². The van der Waals surface area contributed by atoms with Crippen molar-refractivity contribution in [3.63, 3.8) is 0 Å². The first-order chi connectivity index (χ1) is 15.3. The lowest BCUT2D eigenvalue weighted by Gasteiger charge is -2.26. The minimum atomic E-state index is -3.80. The number of sulfonamides is 1. The van der Waals surface area contributed by atoms with Gasteiger partial charge in [-0.15, -0.1) is 0 Å². The van der Waals surface area contributed by atoms with Gasteiger partial charge in [-0.05, 0) is 37.3 Å². The van der Waals surface area contributed by atoms with E-state index in [-0.39, 0.29) is 40.5 Å². The maximum atomic E-state index is 13.4. The van der Waals surface area contributed by atoms with Crippen LogP contribution < -0.4 is 4.90 Å². The van der Waals surface area contributed by atoms with Gasteiger partial charge in [-0.25, -0.2) is 13.3 Å². The fraction of sp³-hybridized carbons (Fsp3) is 0.227. The zero-order valence-electron chi connectivity index (χ0n) is 17.1. The predicted molar refractivity (Wildman–Crippen MR) is 115 cm³/mol. The number of carbonyl (C=O) groups is 2. The Morgan fingerprint density at radius 1 is 1.00 bits per heavy atom. The minimum Gasteiger partial charge on any atom is -0.508 e. The maximum absolute atomic E-state index is 13.4. The minimum absolute atomic E-state index is 0.0239. The van der Waals surface area contributed by atoms with Crippen molar-refractivity contribution in [2.24, 2.45) is 0 Å². The molecule has 3 heterocycles. The van der Waals surface area contributed by atoms with E-state index in [1.54, 1.807) is 19.1 Å². The number of aromatic hydroxyl groups is 1. The van der Waals surface area contributed by atoms with Crippen LogP contribution in [0.5, 0.6) is 5.75 Å². The van der Waals surface area contributed by atoms with Crippen molar-refractivity contribution in [1.82, 2.24) is 9.29 Å². The smallest absolute Gasteiger partial charge is 0.268 e. The van der Waals surface area contributed by atoms with Gasteiger partial charge in [0.1, 0.15) is 5.75 Å². The fourth-order valence-corrected chi connectivity index (χ4v) is 5.56. The van der Waals surface area contributed by atoms with E-state index in [1.807, 2.05) is 0 Å². The number of pyridine rings is 1. The number of imide groups is 1. The van der Waals surface area contributed by atoms with Crippen LogP contribution in [0.1, 0.15) is 26.4 Å². The van der Waals surface area contributed by atoms with E-state index in [2.05, 4.69) is 4.98 Å². The molecule has 3 aromatic rings. The van der Waals surface area contributed by atoms with Crippen LogP contribution in [0.25, 0.3) is 10.9 Å². The van der Waals surface area contributed by atoms with Crippen LogP contribution in [-0.2, 0) is 14.8 Å². The Morgan fingerprint density at radius 3 is 2.44 bits per heavy atom. The molecule has 164 valence electrons. The second-order valence-corrected chi connectivity index (χ2v) is 9.55. The summed E-state index contributed by atoms with van der Waals surface area (Å²) in [5, 5.41) is 10.1. The molecule has 2 aliphatic heterocycles. The third-order valence-electron chi connectivity index (χ3n) is 5.67. The maximum Gasteiger partial charge on any atom is 0.268 e. The summed E-state index contributed by atoms with van der Waals surface area (Å²) >= 11 is 0. The molecule has 0 unspecified atom stereocenters. The number of nitrogens with zero attached hydrogens (tertiary/aromatic N) is 3. The van der Waals surface area contributed by atoms with E-state index in [0.29, 0.717) is 29.8 Å². The molecular formula is C22H19N3O6S. The number of anilines is 1.